The number of rotatable bonds is 1. The van der Waals surface area contributed by atoms with Crippen molar-refractivity contribution < 1.29 is 13.9 Å². The first-order chi connectivity index (χ1) is 10.3. The summed E-state index contributed by atoms with van der Waals surface area (Å²) in [5.74, 6) is -0.329. The fourth-order valence-corrected chi connectivity index (χ4v) is 2.74. The minimum Gasteiger partial charge on any atom is -0.507 e. The average Bonchev–Trinajstić information content (AvgIpc) is 2.87. The molecule has 0 radical (unpaired) electrons. The smallest absolute Gasteiger partial charge is 0.136 e. The average molecular weight is 278 g/mol. The molecule has 0 spiro atoms. The van der Waals surface area contributed by atoms with Gasteiger partial charge in [0.15, 0.2) is 0 Å². The Morgan fingerprint density at radius 3 is 2.43 bits per heavy atom. The lowest BCUT2D eigenvalue weighted by molar-refractivity contribution is 0.477. The molecule has 0 aliphatic heterocycles. The van der Waals surface area contributed by atoms with Gasteiger partial charge in [-0.2, -0.15) is 0 Å². The van der Waals surface area contributed by atoms with Crippen molar-refractivity contribution >= 4 is 21.9 Å². The Morgan fingerprint density at radius 1 is 0.810 bits per heavy atom. The predicted octanol–water partition coefficient (Wildman–Crippen LogP) is 5.10. The van der Waals surface area contributed by atoms with Gasteiger partial charge in [-0.1, -0.05) is 36.4 Å². The van der Waals surface area contributed by atoms with Gasteiger partial charge in [0, 0.05) is 21.9 Å². The molecular weight excluding hydrogens is 267 g/mol. The number of benzene rings is 3. The van der Waals surface area contributed by atoms with Gasteiger partial charge in [0.25, 0.3) is 0 Å². The third kappa shape index (κ3) is 1.71. The maximum Gasteiger partial charge on any atom is 0.136 e. The van der Waals surface area contributed by atoms with E-state index < -0.39 is 0 Å². The number of aromatic hydroxyl groups is 1. The van der Waals surface area contributed by atoms with E-state index in [2.05, 4.69) is 0 Å². The zero-order valence-electron chi connectivity index (χ0n) is 11.0. The SMILES string of the molecule is Oc1ccc2oc3ccccc3c2c1-c1ccccc1F. The first-order valence-electron chi connectivity index (χ1n) is 6.64. The molecule has 0 aliphatic carbocycles. The highest BCUT2D eigenvalue weighted by Crippen LogP contribution is 2.42. The first kappa shape index (κ1) is 12.0. The van der Waals surface area contributed by atoms with E-state index in [0.29, 0.717) is 16.7 Å². The number of fused-ring (bicyclic) bond motifs is 3. The summed E-state index contributed by atoms with van der Waals surface area (Å²) in [7, 11) is 0. The van der Waals surface area contributed by atoms with E-state index in [1.165, 1.54) is 12.1 Å². The molecule has 0 amide bonds. The van der Waals surface area contributed by atoms with Crippen LogP contribution in [0.15, 0.2) is 65.1 Å². The van der Waals surface area contributed by atoms with Crippen molar-refractivity contribution in [2.75, 3.05) is 0 Å². The summed E-state index contributed by atoms with van der Waals surface area (Å²) in [4.78, 5) is 0. The third-order valence-corrected chi connectivity index (χ3v) is 3.66. The van der Waals surface area contributed by atoms with Crippen LogP contribution < -0.4 is 0 Å². The number of hydrogen-bond acceptors (Lipinski definition) is 2. The van der Waals surface area contributed by atoms with E-state index in [1.807, 2.05) is 24.3 Å². The van der Waals surface area contributed by atoms with Crippen LogP contribution in [-0.2, 0) is 0 Å². The lowest BCUT2D eigenvalue weighted by atomic mass is 9.98. The molecule has 1 N–H and O–H groups in total. The first-order valence-corrected chi connectivity index (χ1v) is 6.64. The Bertz CT molecular complexity index is 969. The molecule has 0 saturated heterocycles. The molecule has 3 heteroatoms. The van der Waals surface area contributed by atoms with E-state index in [9.17, 15) is 9.50 Å². The predicted molar refractivity (Wildman–Crippen MR) is 80.8 cm³/mol. The van der Waals surface area contributed by atoms with Gasteiger partial charge in [-0.3, -0.25) is 0 Å². The van der Waals surface area contributed by atoms with Gasteiger partial charge in [-0.25, -0.2) is 4.39 Å². The summed E-state index contributed by atoms with van der Waals surface area (Å²) in [5, 5.41) is 11.9. The molecule has 21 heavy (non-hydrogen) atoms. The van der Waals surface area contributed by atoms with Gasteiger partial charge >= 0.3 is 0 Å². The van der Waals surface area contributed by atoms with Crippen LogP contribution in [0.5, 0.6) is 5.75 Å². The topological polar surface area (TPSA) is 33.4 Å². The molecule has 0 fully saturated rings. The van der Waals surface area contributed by atoms with Crippen molar-refractivity contribution in [3.8, 4) is 16.9 Å². The van der Waals surface area contributed by atoms with E-state index >= 15 is 0 Å². The summed E-state index contributed by atoms with van der Waals surface area (Å²) < 4.78 is 19.9. The van der Waals surface area contributed by atoms with Gasteiger partial charge < -0.3 is 9.52 Å². The van der Waals surface area contributed by atoms with E-state index in [0.717, 1.165) is 16.4 Å². The summed E-state index contributed by atoms with van der Waals surface area (Å²) in [6.45, 7) is 0. The number of furan rings is 1. The Kier molecular flexibility index (Phi) is 2.48. The maximum absolute atomic E-state index is 14.1. The quantitative estimate of drug-likeness (QED) is 0.525. The molecule has 1 heterocycles. The van der Waals surface area contributed by atoms with Crippen LogP contribution in [0.4, 0.5) is 4.39 Å². The number of hydrogen-bond donors (Lipinski definition) is 1. The van der Waals surface area contributed by atoms with E-state index in [4.69, 9.17) is 4.42 Å². The molecule has 0 saturated carbocycles. The Morgan fingerprint density at radius 2 is 1.57 bits per heavy atom. The monoisotopic (exact) mass is 278 g/mol. The number of phenols is 1. The van der Waals surface area contributed by atoms with Crippen LogP contribution in [0.2, 0.25) is 0 Å². The molecule has 2 nitrogen and oxygen atoms in total. The molecule has 0 bridgehead atoms. The Hall–Kier alpha value is -2.81. The number of phenolic OH excluding ortho intramolecular Hbond substituents is 1. The maximum atomic E-state index is 14.1. The summed E-state index contributed by atoms with van der Waals surface area (Å²) in [6.07, 6.45) is 0. The van der Waals surface area contributed by atoms with Gasteiger partial charge in [0.2, 0.25) is 0 Å². The van der Waals surface area contributed by atoms with Crippen LogP contribution in [0.1, 0.15) is 0 Å². The number of para-hydroxylation sites is 1. The molecule has 0 aliphatic rings. The lowest BCUT2D eigenvalue weighted by Crippen LogP contribution is -1.85. The zero-order valence-corrected chi connectivity index (χ0v) is 11.0. The minimum absolute atomic E-state index is 0.0409. The highest BCUT2D eigenvalue weighted by molar-refractivity contribution is 6.13. The highest BCUT2D eigenvalue weighted by Gasteiger charge is 2.17. The molecule has 4 aromatic rings. The summed E-state index contributed by atoms with van der Waals surface area (Å²) >= 11 is 0. The van der Waals surface area contributed by atoms with Gasteiger partial charge in [0.1, 0.15) is 22.7 Å². The lowest BCUT2D eigenvalue weighted by Gasteiger charge is -2.07. The Balaban J connectivity index is 2.22. The molecule has 4 rings (SSSR count). The van der Waals surface area contributed by atoms with Gasteiger partial charge in [-0.15, -0.1) is 0 Å². The summed E-state index contributed by atoms with van der Waals surface area (Å²) in [6, 6.07) is 17.2. The fourth-order valence-electron chi connectivity index (χ4n) is 2.74. The van der Waals surface area contributed by atoms with Crippen LogP contribution in [0.3, 0.4) is 0 Å². The molecule has 0 atom stereocenters. The van der Waals surface area contributed by atoms with Crippen molar-refractivity contribution in [2.24, 2.45) is 0 Å². The van der Waals surface area contributed by atoms with Crippen LogP contribution >= 0.6 is 0 Å². The van der Waals surface area contributed by atoms with Crippen molar-refractivity contribution in [1.82, 2.24) is 0 Å². The second-order valence-electron chi connectivity index (χ2n) is 4.91. The van der Waals surface area contributed by atoms with Crippen molar-refractivity contribution in [3.63, 3.8) is 0 Å². The van der Waals surface area contributed by atoms with Crippen molar-refractivity contribution in [1.29, 1.82) is 0 Å². The van der Waals surface area contributed by atoms with Gasteiger partial charge in [0.05, 0.1) is 0 Å². The number of halogens is 1. The second-order valence-corrected chi connectivity index (χ2v) is 4.91. The van der Waals surface area contributed by atoms with E-state index in [-0.39, 0.29) is 11.6 Å². The third-order valence-electron chi connectivity index (χ3n) is 3.66. The molecule has 1 aromatic heterocycles. The highest BCUT2D eigenvalue weighted by atomic mass is 19.1. The largest absolute Gasteiger partial charge is 0.507 e. The minimum atomic E-state index is -0.370. The van der Waals surface area contributed by atoms with Crippen LogP contribution in [0.25, 0.3) is 33.1 Å². The fraction of sp³-hybridized carbons (Fsp3) is 0. The molecule has 102 valence electrons. The van der Waals surface area contributed by atoms with Crippen molar-refractivity contribution in [3.05, 3.63) is 66.5 Å². The summed E-state index contributed by atoms with van der Waals surface area (Å²) in [5.41, 5.74) is 2.19. The Labute approximate surface area is 120 Å². The van der Waals surface area contributed by atoms with Crippen LogP contribution in [-0.4, -0.2) is 5.11 Å². The molecular formula is C18H11FO2. The van der Waals surface area contributed by atoms with Crippen molar-refractivity contribution in [2.45, 2.75) is 0 Å². The van der Waals surface area contributed by atoms with E-state index in [1.54, 1.807) is 24.3 Å². The molecule has 3 aromatic carbocycles. The molecule has 0 unspecified atom stereocenters. The second kappa shape index (κ2) is 4.35. The standard InChI is InChI=1S/C18H11FO2/c19-13-7-3-1-5-11(13)17-14(20)9-10-16-18(17)12-6-2-4-8-15(12)21-16/h1-10,20H. The van der Waals surface area contributed by atoms with Crippen LogP contribution in [0, 0.1) is 5.82 Å². The zero-order chi connectivity index (χ0) is 14.4. The normalized spacial score (nSPS) is 11.3. The van der Waals surface area contributed by atoms with Gasteiger partial charge in [-0.05, 0) is 24.3 Å².